The number of carbonyl (C=O) groups is 1. The van der Waals surface area contributed by atoms with Gasteiger partial charge in [0.25, 0.3) is 0 Å². The van der Waals surface area contributed by atoms with Crippen molar-refractivity contribution in [2.45, 2.75) is 20.4 Å². The minimum atomic E-state index is -0.261. The molecule has 0 bridgehead atoms. The van der Waals surface area contributed by atoms with Gasteiger partial charge >= 0.3 is 5.97 Å². The normalized spacial score (nSPS) is 14.6. The summed E-state index contributed by atoms with van der Waals surface area (Å²) in [6.07, 6.45) is 0. The molecule has 0 aromatic carbocycles. The van der Waals surface area contributed by atoms with Crippen LogP contribution in [0.5, 0.6) is 0 Å². The van der Waals surface area contributed by atoms with Gasteiger partial charge in [-0.05, 0) is 19.9 Å². The van der Waals surface area contributed by atoms with Crippen molar-refractivity contribution in [1.29, 1.82) is 0 Å². The van der Waals surface area contributed by atoms with E-state index in [1.165, 1.54) is 11.3 Å². The Morgan fingerprint density at radius 1 is 1.53 bits per heavy atom. The molecule has 1 aliphatic heterocycles. The molecule has 0 saturated heterocycles. The van der Waals surface area contributed by atoms with Gasteiger partial charge in [-0.3, -0.25) is 10.2 Å². The van der Waals surface area contributed by atoms with Gasteiger partial charge in [0, 0.05) is 12.1 Å². The van der Waals surface area contributed by atoms with Crippen LogP contribution in [-0.2, 0) is 16.1 Å². The lowest BCUT2D eigenvalue weighted by molar-refractivity contribution is 0.0532. The highest BCUT2D eigenvalue weighted by Gasteiger charge is 2.23. The highest BCUT2D eigenvalue weighted by atomic mass is 32.1. The summed E-state index contributed by atoms with van der Waals surface area (Å²) in [7, 11) is 0. The van der Waals surface area contributed by atoms with Crippen molar-refractivity contribution < 1.29 is 14.4 Å². The molecule has 1 aromatic heterocycles. The number of ether oxygens (including phenoxy) is 1. The van der Waals surface area contributed by atoms with Crippen LogP contribution in [-0.4, -0.2) is 25.9 Å². The van der Waals surface area contributed by atoms with Crippen LogP contribution in [0, 0.1) is 0 Å². The number of rotatable bonds is 4. The molecule has 0 atom stereocenters. The van der Waals surface area contributed by atoms with E-state index in [-0.39, 0.29) is 5.97 Å². The molecule has 0 aliphatic carbocycles. The maximum atomic E-state index is 11.6. The second-order valence-corrected chi connectivity index (χ2v) is 4.57. The van der Waals surface area contributed by atoms with Crippen LogP contribution in [0.2, 0.25) is 0 Å². The summed E-state index contributed by atoms with van der Waals surface area (Å²) in [5.74, 6) is -0.261. The zero-order valence-corrected chi connectivity index (χ0v) is 10.8. The van der Waals surface area contributed by atoms with E-state index in [1.807, 2.05) is 13.0 Å². The Balaban J connectivity index is 2.21. The van der Waals surface area contributed by atoms with Crippen LogP contribution < -0.4 is 10.4 Å². The van der Waals surface area contributed by atoms with Crippen LogP contribution >= 0.6 is 11.3 Å². The molecule has 0 unspecified atom stereocenters. The molecule has 0 saturated carbocycles. The first-order valence-corrected chi connectivity index (χ1v) is 6.48. The average molecular weight is 256 g/mol. The van der Waals surface area contributed by atoms with Crippen molar-refractivity contribution in [2.75, 3.05) is 24.9 Å². The fourth-order valence-corrected chi connectivity index (χ4v) is 2.72. The maximum Gasteiger partial charge on any atom is 0.348 e. The van der Waals surface area contributed by atoms with E-state index in [4.69, 9.17) is 9.57 Å². The van der Waals surface area contributed by atoms with Gasteiger partial charge in [0.15, 0.2) is 0 Å². The first kappa shape index (κ1) is 12.3. The molecule has 2 rings (SSSR count). The Labute approximate surface area is 104 Å². The lowest BCUT2D eigenvalue weighted by Gasteiger charge is -2.27. The van der Waals surface area contributed by atoms with Gasteiger partial charge in [0.2, 0.25) is 0 Å². The standard InChI is InChI=1S/C11H16N2O3S/c1-3-15-11(14)9-5-8-6-12-7-13(16-4-2)10(8)17-9/h5,12H,3-4,6-7H2,1-2H3. The number of thiophene rings is 1. The minimum absolute atomic E-state index is 0.261. The minimum Gasteiger partial charge on any atom is -0.462 e. The van der Waals surface area contributed by atoms with Crippen LogP contribution in [0.25, 0.3) is 0 Å². The molecule has 2 heterocycles. The predicted molar refractivity (Wildman–Crippen MR) is 66.1 cm³/mol. The monoisotopic (exact) mass is 256 g/mol. The van der Waals surface area contributed by atoms with E-state index in [1.54, 1.807) is 12.0 Å². The third-order valence-corrected chi connectivity index (χ3v) is 3.51. The predicted octanol–water partition coefficient (Wildman–Crippen LogP) is 1.74. The summed E-state index contributed by atoms with van der Waals surface area (Å²) < 4.78 is 4.99. The summed E-state index contributed by atoms with van der Waals surface area (Å²) in [6, 6.07) is 1.87. The average Bonchev–Trinajstić information content (AvgIpc) is 2.75. The fraction of sp³-hybridized carbons (Fsp3) is 0.545. The SMILES string of the molecule is CCOC(=O)c1cc2c(s1)N(OCC)CNC2. The molecule has 5 nitrogen and oxygen atoms in total. The lowest BCUT2D eigenvalue weighted by Crippen LogP contribution is -2.38. The van der Waals surface area contributed by atoms with Crippen LogP contribution in [0.4, 0.5) is 5.00 Å². The molecule has 0 radical (unpaired) electrons. The van der Waals surface area contributed by atoms with E-state index in [0.29, 0.717) is 24.8 Å². The summed E-state index contributed by atoms with van der Waals surface area (Å²) >= 11 is 1.42. The molecule has 94 valence electrons. The quantitative estimate of drug-likeness (QED) is 0.832. The van der Waals surface area contributed by atoms with Crippen molar-refractivity contribution in [3.63, 3.8) is 0 Å². The van der Waals surface area contributed by atoms with Gasteiger partial charge in [0.05, 0.1) is 19.9 Å². The smallest absolute Gasteiger partial charge is 0.348 e. The Hall–Kier alpha value is -1.11. The Morgan fingerprint density at radius 3 is 3.06 bits per heavy atom. The molecule has 1 aromatic rings. The molecule has 0 amide bonds. The fourth-order valence-electron chi connectivity index (χ4n) is 1.68. The van der Waals surface area contributed by atoms with E-state index >= 15 is 0 Å². The highest BCUT2D eigenvalue weighted by molar-refractivity contribution is 7.18. The van der Waals surface area contributed by atoms with Gasteiger partial charge in [-0.15, -0.1) is 11.3 Å². The first-order valence-electron chi connectivity index (χ1n) is 5.67. The van der Waals surface area contributed by atoms with E-state index < -0.39 is 0 Å². The second kappa shape index (κ2) is 5.48. The zero-order chi connectivity index (χ0) is 12.3. The largest absolute Gasteiger partial charge is 0.462 e. The summed E-state index contributed by atoms with van der Waals surface area (Å²) in [4.78, 5) is 17.8. The topological polar surface area (TPSA) is 50.8 Å². The van der Waals surface area contributed by atoms with Gasteiger partial charge < -0.3 is 4.74 Å². The second-order valence-electron chi connectivity index (χ2n) is 3.54. The summed E-state index contributed by atoms with van der Waals surface area (Å²) in [6.45, 7) is 6.15. The third-order valence-electron chi connectivity index (χ3n) is 2.35. The van der Waals surface area contributed by atoms with Crippen molar-refractivity contribution in [2.24, 2.45) is 0 Å². The molecule has 6 heteroatoms. The van der Waals surface area contributed by atoms with Crippen LogP contribution in [0.15, 0.2) is 6.07 Å². The molecule has 17 heavy (non-hydrogen) atoms. The van der Waals surface area contributed by atoms with Crippen molar-refractivity contribution in [1.82, 2.24) is 5.32 Å². The number of nitrogens with one attached hydrogen (secondary N) is 1. The zero-order valence-electron chi connectivity index (χ0n) is 9.99. The number of hydroxylamine groups is 1. The van der Waals surface area contributed by atoms with Gasteiger partial charge in [0.1, 0.15) is 9.88 Å². The maximum absolute atomic E-state index is 11.6. The van der Waals surface area contributed by atoms with Gasteiger partial charge in [-0.1, -0.05) is 0 Å². The number of hydrogen-bond donors (Lipinski definition) is 1. The molecule has 1 N–H and O–H groups in total. The highest BCUT2D eigenvalue weighted by Crippen LogP contribution is 2.34. The van der Waals surface area contributed by atoms with E-state index in [2.05, 4.69) is 5.32 Å². The third kappa shape index (κ3) is 2.59. The number of carbonyl (C=O) groups excluding carboxylic acids is 1. The van der Waals surface area contributed by atoms with Crippen molar-refractivity contribution in [3.8, 4) is 0 Å². The Bertz CT molecular complexity index is 405. The summed E-state index contributed by atoms with van der Waals surface area (Å²) in [5.41, 5.74) is 1.08. The number of fused-ring (bicyclic) bond motifs is 1. The molecular weight excluding hydrogens is 240 g/mol. The number of esters is 1. The molecular formula is C11H16N2O3S. The summed E-state index contributed by atoms with van der Waals surface area (Å²) in [5, 5.41) is 5.99. The number of anilines is 1. The molecule has 0 fully saturated rings. The first-order chi connectivity index (χ1) is 8.26. The van der Waals surface area contributed by atoms with Gasteiger partial charge in [-0.2, -0.15) is 0 Å². The van der Waals surface area contributed by atoms with Crippen LogP contribution in [0.3, 0.4) is 0 Å². The molecule has 0 spiro atoms. The van der Waals surface area contributed by atoms with Gasteiger partial charge in [-0.25, -0.2) is 9.86 Å². The molecule has 1 aliphatic rings. The Kier molecular flexibility index (Phi) is 3.98. The van der Waals surface area contributed by atoms with E-state index in [0.717, 1.165) is 17.1 Å². The van der Waals surface area contributed by atoms with Crippen molar-refractivity contribution in [3.05, 3.63) is 16.5 Å². The van der Waals surface area contributed by atoms with Crippen LogP contribution in [0.1, 0.15) is 29.1 Å². The van der Waals surface area contributed by atoms with Crippen molar-refractivity contribution >= 4 is 22.3 Å². The number of hydrogen-bond acceptors (Lipinski definition) is 6. The lowest BCUT2D eigenvalue weighted by atomic mass is 10.2. The Morgan fingerprint density at radius 2 is 2.35 bits per heavy atom. The number of nitrogens with zero attached hydrogens (tertiary/aromatic N) is 1. The van der Waals surface area contributed by atoms with E-state index in [9.17, 15) is 4.79 Å².